The van der Waals surface area contributed by atoms with Crippen LogP contribution in [-0.2, 0) is 6.42 Å². The molecule has 0 spiro atoms. The Morgan fingerprint density at radius 1 is 1.16 bits per heavy atom. The van der Waals surface area contributed by atoms with Crippen LogP contribution in [0.4, 0.5) is 0 Å². The Kier molecular flexibility index (Phi) is 3.20. The van der Waals surface area contributed by atoms with Gasteiger partial charge in [0.1, 0.15) is 5.82 Å². The van der Waals surface area contributed by atoms with Crippen molar-refractivity contribution in [1.82, 2.24) is 19.9 Å². The fourth-order valence-electron chi connectivity index (χ4n) is 2.04. The first-order valence-corrected chi connectivity index (χ1v) is 6.32. The monoisotopic (exact) mass is 253 g/mol. The number of nitrogens with one attached hydrogen (secondary N) is 1. The highest BCUT2D eigenvalue weighted by atomic mass is 14.9. The second kappa shape index (κ2) is 5.16. The largest absolute Gasteiger partial charge is 0.345 e. The van der Waals surface area contributed by atoms with Crippen LogP contribution < -0.4 is 5.73 Å². The average Bonchev–Trinajstić information content (AvgIpc) is 2.92. The van der Waals surface area contributed by atoms with Gasteiger partial charge in [-0.2, -0.15) is 0 Å². The summed E-state index contributed by atoms with van der Waals surface area (Å²) in [5, 5.41) is 0. The molecule has 2 heterocycles. The van der Waals surface area contributed by atoms with E-state index >= 15 is 0 Å². The molecule has 5 heteroatoms. The number of aryl methyl sites for hydroxylation is 1. The highest BCUT2D eigenvalue weighted by Crippen LogP contribution is 2.20. The predicted octanol–water partition coefficient (Wildman–Crippen LogP) is 1.91. The first-order valence-electron chi connectivity index (χ1n) is 6.32. The van der Waals surface area contributed by atoms with Crippen molar-refractivity contribution in [2.75, 3.05) is 6.54 Å². The second-order valence-electron chi connectivity index (χ2n) is 4.38. The van der Waals surface area contributed by atoms with Gasteiger partial charge in [0, 0.05) is 18.2 Å². The number of nitrogens with zero attached hydrogens (tertiary/aromatic N) is 3. The van der Waals surface area contributed by atoms with Crippen LogP contribution in [-0.4, -0.2) is 26.5 Å². The zero-order chi connectivity index (χ0) is 13.1. The second-order valence-corrected chi connectivity index (χ2v) is 4.38. The molecule has 2 aromatic heterocycles. The van der Waals surface area contributed by atoms with Gasteiger partial charge in [0.2, 0.25) is 0 Å². The lowest BCUT2D eigenvalue weighted by Crippen LogP contribution is -2.03. The zero-order valence-corrected chi connectivity index (χ0v) is 10.5. The molecule has 0 aliphatic carbocycles. The lowest BCUT2D eigenvalue weighted by atomic mass is 10.1. The van der Waals surface area contributed by atoms with Gasteiger partial charge in [-0.15, -0.1) is 0 Å². The first-order chi connectivity index (χ1) is 9.36. The van der Waals surface area contributed by atoms with Gasteiger partial charge < -0.3 is 10.7 Å². The Balaban J connectivity index is 1.95. The Morgan fingerprint density at radius 3 is 3.00 bits per heavy atom. The lowest BCUT2D eigenvalue weighted by Gasteiger charge is -2.03. The summed E-state index contributed by atoms with van der Waals surface area (Å²) in [7, 11) is 0. The molecule has 96 valence electrons. The molecule has 1 aromatic carbocycles. The number of fused-ring (bicyclic) bond motifs is 1. The van der Waals surface area contributed by atoms with Crippen LogP contribution in [0, 0.1) is 0 Å². The van der Waals surface area contributed by atoms with Crippen LogP contribution in [0.1, 0.15) is 12.2 Å². The number of H-pyrrole nitrogens is 1. The van der Waals surface area contributed by atoms with Crippen LogP contribution in [0.5, 0.6) is 0 Å². The van der Waals surface area contributed by atoms with Crippen molar-refractivity contribution in [2.45, 2.75) is 12.8 Å². The molecule has 0 aliphatic rings. The van der Waals surface area contributed by atoms with Gasteiger partial charge in [0.15, 0.2) is 0 Å². The van der Waals surface area contributed by atoms with E-state index in [-0.39, 0.29) is 0 Å². The minimum atomic E-state index is 0.660. The zero-order valence-electron chi connectivity index (χ0n) is 10.5. The fourth-order valence-corrected chi connectivity index (χ4v) is 2.04. The summed E-state index contributed by atoms with van der Waals surface area (Å²) >= 11 is 0. The van der Waals surface area contributed by atoms with Crippen molar-refractivity contribution >= 4 is 11.0 Å². The Morgan fingerprint density at radius 2 is 2.11 bits per heavy atom. The number of nitrogens with two attached hydrogens (primary N) is 1. The molecule has 3 N–H and O–H groups in total. The van der Waals surface area contributed by atoms with E-state index in [1.54, 1.807) is 12.5 Å². The van der Waals surface area contributed by atoms with Crippen molar-refractivity contribution in [2.24, 2.45) is 5.73 Å². The molecule has 0 atom stereocenters. The third kappa shape index (κ3) is 2.46. The molecule has 0 bridgehead atoms. The number of hydrogen-bond acceptors (Lipinski definition) is 4. The first kappa shape index (κ1) is 11.8. The van der Waals surface area contributed by atoms with E-state index in [2.05, 4.69) is 26.0 Å². The van der Waals surface area contributed by atoms with Gasteiger partial charge in [-0.1, -0.05) is 6.07 Å². The van der Waals surface area contributed by atoms with E-state index in [0.29, 0.717) is 6.54 Å². The third-order valence-corrected chi connectivity index (χ3v) is 3.03. The van der Waals surface area contributed by atoms with Crippen LogP contribution in [0.25, 0.3) is 22.3 Å². The van der Waals surface area contributed by atoms with Crippen molar-refractivity contribution in [3.8, 4) is 11.3 Å². The highest BCUT2D eigenvalue weighted by molar-refractivity contribution is 5.80. The van der Waals surface area contributed by atoms with E-state index in [1.807, 2.05) is 18.2 Å². The summed E-state index contributed by atoms with van der Waals surface area (Å²) in [6.07, 6.45) is 5.21. The number of aromatic nitrogens is 4. The quantitative estimate of drug-likeness (QED) is 0.744. The van der Waals surface area contributed by atoms with E-state index < -0.39 is 0 Å². The SMILES string of the molecule is NCCCc1nccc(-c2ccc3nc[nH]c3c2)n1. The molecule has 0 aliphatic heterocycles. The summed E-state index contributed by atoms with van der Waals surface area (Å²) in [4.78, 5) is 16.2. The summed E-state index contributed by atoms with van der Waals surface area (Å²) in [5.41, 5.74) is 9.47. The number of benzene rings is 1. The molecule has 19 heavy (non-hydrogen) atoms. The normalized spacial score (nSPS) is 11.0. The molecule has 0 saturated carbocycles. The predicted molar refractivity (Wildman–Crippen MR) is 74.5 cm³/mol. The van der Waals surface area contributed by atoms with Crippen molar-refractivity contribution in [3.05, 3.63) is 42.6 Å². The van der Waals surface area contributed by atoms with Gasteiger partial charge in [-0.05, 0) is 31.2 Å². The summed E-state index contributed by atoms with van der Waals surface area (Å²) < 4.78 is 0. The average molecular weight is 253 g/mol. The Bertz CT molecular complexity index is 689. The number of imidazole rings is 1. The lowest BCUT2D eigenvalue weighted by molar-refractivity contribution is 0.782. The van der Waals surface area contributed by atoms with Gasteiger partial charge >= 0.3 is 0 Å². The van der Waals surface area contributed by atoms with E-state index in [1.165, 1.54) is 0 Å². The highest BCUT2D eigenvalue weighted by Gasteiger charge is 2.04. The van der Waals surface area contributed by atoms with E-state index in [4.69, 9.17) is 5.73 Å². The van der Waals surface area contributed by atoms with Gasteiger partial charge in [-0.3, -0.25) is 0 Å². The molecule has 3 aromatic rings. The van der Waals surface area contributed by atoms with E-state index in [9.17, 15) is 0 Å². The molecule has 0 fully saturated rings. The molecule has 0 amide bonds. The standard InChI is InChI=1S/C14H15N5/c15-6-1-2-14-16-7-5-11(19-14)10-3-4-12-13(8-10)18-9-17-12/h3-5,7-9H,1-2,6,15H2,(H,17,18). The smallest absolute Gasteiger partial charge is 0.128 e. The van der Waals surface area contributed by atoms with Crippen molar-refractivity contribution in [1.29, 1.82) is 0 Å². The van der Waals surface area contributed by atoms with Crippen molar-refractivity contribution < 1.29 is 0 Å². The van der Waals surface area contributed by atoms with E-state index in [0.717, 1.165) is 41.0 Å². The maximum atomic E-state index is 5.51. The third-order valence-electron chi connectivity index (χ3n) is 3.03. The van der Waals surface area contributed by atoms with Crippen LogP contribution in [0.2, 0.25) is 0 Å². The summed E-state index contributed by atoms with van der Waals surface area (Å²) in [6.45, 7) is 0.660. The van der Waals surface area contributed by atoms with Gasteiger partial charge in [-0.25, -0.2) is 15.0 Å². The van der Waals surface area contributed by atoms with Gasteiger partial charge in [0.05, 0.1) is 23.1 Å². The van der Waals surface area contributed by atoms with Crippen molar-refractivity contribution in [3.63, 3.8) is 0 Å². The number of hydrogen-bond donors (Lipinski definition) is 2. The molecule has 0 radical (unpaired) electrons. The Hall–Kier alpha value is -2.27. The molecule has 3 rings (SSSR count). The van der Waals surface area contributed by atoms with Gasteiger partial charge in [0.25, 0.3) is 0 Å². The minimum Gasteiger partial charge on any atom is -0.345 e. The fraction of sp³-hybridized carbons (Fsp3) is 0.214. The number of rotatable bonds is 4. The maximum Gasteiger partial charge on any atom is 0.128 e. The molecule has 0 saturated heterocycles. The molecule has 5 nitrogen and oxygen atoms in total. The number of aromatic amines is 1. The van der Waals surface area contributed by atoms with Crippen LogP contribution in [0.15, 0.2) is 36.8 Å². The van der Waals surface area contributed by atoms with Crippen LogP contribution in [0.3, 0.4) is 0 Å². The Labute approximate surface area is 110 Å². The summed E-state index contributed by atoms with van der Waals surface area (Å²) in [5.74, 6) is 0.840. The maximum absolute atomic E-state index is 5.51. The molecular formula is C14H15N5. The minimum absolute atomic E-state index is 0.660. The van der Waals surface area contributed by atoms with Crippen LogP contribution >= 0.6 is 0 Å². The molecule has 0 unspecified atom stereocenters. The molecular weight excluding hydrogens is 238 g/mol. The topological polar surface area (TPSA) is 80.5 Å². The summed E-state index contributed by atoms with van der Waals surface area (Å²) in [6, 6.07) is 7.99.